The van der Waals surface area contributed by atoms with Gasteiger partial charge >= 0.3 is 0 Å². The van der Waals surface area contributed by atoms with Gasteiger partial charge in [0.2, 0.25) is 11.7 Å². The molecule has 1 aliphatic carbocycles. The number of methoxy groups -OCH3 is 5. The molecule has 2 aliphatic rings. The van der Waals surface area contributed by atoms with Crippen molar-refractivity contribution in [1.29, 1.82) is 0 Å². The lowest BCUT2D eigenvalue weighted by atomic mass is 9.66. The van der Waals surface area contributed by atoms with E-state index in [0.29, 0.717) is 41.7 Å². The Balaban J connectivity index is 1.72. The second-order valence-electron chi connectivity index (χ2n) is 9.59. The number of likely N-dealkylation sites (tertiary alicyclic amines) is 1. The molecule has 37 heavy (non-hydrogen) atoms. The van der Waals surface area contributed by atoms with Gasteiger partial charge in [0.05, 0.1) is 47.2 Å². The first-order valence-corrected chi connectivity index (χ1v) is 12.6. The molecule has 8 nitrogen and oxygen atoms in total. The molecule has 2 aromatic rings. The van der Waals surface area contributed by atoms with Crippen molar-refractivity contribution in [2.75, 3.05) is 42.1 Å². The lowest BCUT2D eigenvalue weighted by molar-refractivity contribution is -0.151. The molecule has 1 heterocycles. The molecule has 8 heteroatoms. The van der Waals surface area contributed by atoms with E-state index in [1.165, 1.54) is 0 Å². The minimum absolute atomic E-state index is 0.101. The van der Waals surface area contributed by atoms with Crippen LogP contribution in [0.4, 0.5) is 0 Å². The summed E-state index contributed by atoms with van der Waals surface area (Å²) >= 11 is 0. The molecule has 4 rings (SSSR count). The molecule has 0 aromatic heterocycles. The smallest absolute Gasteiger partial charge is 0.247 e. The van der Waals surface area contributed by atoms with E-state index < -0.39 is 5.60 Å². The van der Waals surface area contributed by atoms with Gasteiger partial charge in [0, 0.05) is 18.5 Å². The quantitative estimate of drug-likeness (QED) is 0.517. The van der Waals surface area contributed by atoms with Gasteiger partial charge in [0.25, 0.3) is 0 Å². The van der Waals surface area contributed by atoms with E-state index in [0.717, 1.165) is 36.8 Å². The van der Waals surface area contributed by atoms with Crippen LogP contribution in [0.3, 0.4) is 0 Å². The highest BCUT2D eigenvalue weighted by Gasteiger charge is 2.50. The Bertz CT molecular complexity index is 1120. The topological polar surface area (TPSA) is 86.7 Å². The van der Waals surface area contributed by atoms with Gasteiger partial charge in [0.1, 0.15) is 0 Å². The summed E-state index contributed by atoms with van der Waals surface area (Å²) in [6.45, 7) is 0.448. The van der Waals surface area contributed by atoms with Crippen molar-refractivity contribution in [2.24, 2.45) is 5.92 Å². The summed E-state index contributed by atoms with van der Waals surface area (Å²) in [6, 6.07) is 8.96. The van der Waals surface area contributed by atoms with Crippen molar-refractivity contribution in [3.63, 3.8) is 0 Å². The zero-order chi connectivity index (χ0) is 26.6. The molecule has 0 bridgehead atoms. The van der Waals surface area contributed by atoms with Crippen LogP contribution in [0, 0.1) is 5.92 Å². The molecule has 200 valence electrons. The van der Waals surface area contributed by atoms with E-state index in [1.54, 1.807) is 47.7 Å². The van der Waals surface area contributed by atoms with Gasteiger partial charge in [-0.15, -0.1) is 0 Å². The van der Waals surface area contributed by atoms with Gasteiger partial charge in [-0.3, -0.25) is 4.79 Å². The highest BCUT2D eigenvalue weighted by Crippen LogP contribution is 2.51. The third-order valence-corrected chi connectivity index (χ3v) is 7.71. The van der Waals surface area contributed by atoms with E-state index in [1.807, 2.05) is 35.2 Å². The van der Waals surface area contributed by atoms with Gasteiger partial charge in [-0.2, -0.15) is 0 Å². The molecule has 0 radical (unpaired) electrons. The molecule has 2 fully saturated rings. The monoisotopic (exact) mass is 511 g/mol. The fraction of sp³-hybridized carbons (Fsp3) is 0.483. The van der Waals surface area contributed by atoms with Crippen molar-refractivity contribution in [1.82, 2.24) is 4.90 Å². The van der Waals surface area contributed by atoms with Crippen LogP contribution in [-0.4, -0.2) is 63.6 Å². The first kappa shape index (κ1) is 26.7. The summed E-state index contributed by atoms with van der Waals surface area (Å²) < 4.78 is 27.4. The molecule has 1 aliphatic heterocycles. The fourth-order valence-corrected chi connectivity index (χ4v) is 5.83. The number of carbonyl (C=O) groups excluding carboxylic acids is 1. The number of hydrogen-bond acceptors (Lipinski definition) is 7. The normalized spacial score (nSPS) is 23.4. The summed E-state index contributed by atoms with van der Waals surface area (Å²) in [7, 11) is 7.89. The number of piperidine rings is 1. The van der Waals surface area contributed by atoms with Crippen LogP contribution < -0.4 is 23.7 Å². The van der Waals surface area contributed by atoms with Crippen LogP contribution in [0.25, 0.3) is 6.08 Å². The minimum Gasteiger partial charge on any atom is -0.493 e. The first-order valence-electron chi connectivity index (χ1n) is 12.6. The van der Waals surface area contributed by atoms with E-state index in [2.05, 4.69) is 0 Å². The summed E-state index contributed by atoms with van der Waals surface area (Å²) in [5.41, 5.74) is 0.863. The summed E-state index contributed by atoms with van der Waals surface area (Å²) in [5.74, 6) is 2.54. The van der Waals surface area contributed by atoms with Crippen LogP contribution in [0.5, 0.6) is 28.7 Å². The Labute approximate surface area is 218 Å². The molecule has 1 saturated carbocycles. The molecule has 1 N–H and O–H groups in total. The van der Waals surface area contributed by atoms with Crippen molar-refractivity contribution in [2.45, 2.75) is 43.7 Å². The Hall–Kier alpha value is -3.39. The molecule has 3 unspecified atom stereocenters. The predicted octanol–water partition coefficient (Wildman–Crippen LogP) is 4.64. The summed E-state index contributed by atoms with van der Waals surface area (Å²) in [4.78, 5) is 15.5. The Morgan fingerprint density at radius 1 is 0.892 bits per heavy atom. The Kier molecular flexibility index (Phi) is 8.17. The van der Waals surface area contributed by atoms with E-state index in [4.69, 9.17) is 23.7 Å². The Morgan fingerprint density at radius 3 is 2.19 bits per heavy atom. The van der Waals surface area contributed by atoms with Gasteiger partial charge < -0.3 is 33.7 Å². The third kappa shape index (κ3) is 5.21. The number of carbonyl (C=O) groups is 1. The number of benzene rings is 2. The SMILES string of the molecule is COc1ccc(C=CC(=O)N2CCC3(O)CCCCC3C2c2cc(OC)c(OC)c(OC)c2)cc1OC. The van der Waals surface area contributed by atoms with Crippen LogP contribution in [0.15, 0.2) is 36.4 Å². The number of fused-ring (bicyclic) bond motifs is 1. The van der Waals surface area contributed by atoms with E-state index in [-0.39, 0.29) is 17.9 Å². The number of hydrogen-bond donors (Lipinski definition) is 1. The maximum atomic E-state index is 13.7. The fourth-order valence-electron chi connectivity index (χ4n) is 5.83. The lowest BCUT2D eigenvalue weighted by Crippen LogP contribution is -2.56. The highest BCUT2D eigenvalue weighted by atomic mass is 16.5. The number of rotatable bonds is 8. The maximum absolute atomic E-state index is 13.7. The van der Waals surface area contributed by atoms with Crippen molar-refractivity contribution in [3.8, 4) is 28.7 Å². The summed E-state index contributed by atoms with van der Waals surface area (Å²) in [6.07, 6.45) is 7.48. The average molecular weight is 512 g/mol. The highest BCUT2D eigenvalue weighted by molar-refractivity contribution is 5.92. The second kappa shape index (κ2) is 11.3. The van der Waals surface area contributed by atoms with Crippen LogP contribution in [-0.2, 0) is 4.79 Å². The minimum atomic E-state index is -0.812. The van der Waals surface area contributed by atoms with E-state index >= 15 is 0 Å². The zero-order valence-corrected chi connectivity index (χ0v) is 22.3. The van der Waals surface area contributed by atoms with Crippen molar-refractivity contribution >= 4 is 12.0 Å². The maximum Gasteiger partial charge on any atom is 0.247 e. The van der Waals surface area contributed by atoms with Gasteiger partial charge in [-0.05, 0) is 60.7 Å². The van der Waals surface area contributed by atoms with Crippen LogP contribution in [0.1, 0.15) is 49.3 Å². The number of ether oxygens (including phenoxy) is 5. The molecule has 2 aromatic carbocycles. The van der Waals surface area contributed by atoms with E-state index in [9.17, 15) is 9.90 Å². The number of aliphatic hydroxyl groups is 1. The number of nitrogens with zero attached hydrogens (tertiary/aromatic N) is 1. The predicted molar refractivity (Wildman–Crippen MR) is 141 cm³/mol. The zero-order valence-electron chi connectivity index (χ0n) is 22.3. The molecule has 1 saturated heterocycles. The molecule has 3 atom stereocenters. The summed E-state index contributed by atoms with van der Waals surface area (Å²) in [5, 5.41) is 11.6. The van der Waals surface area contributed by atoms with Gasteiger partial charge in [-0.25, -0.2) is 0 Å². The van der Waals surface area contributed by atoms with Crippen molar-refractivity contribution < 1.29 is 33.6 Å². The largest absolute Gasteiger partial charge is 0.493 e. The second-order valence-corrected chi connectivity index (χ2v) is 9.59. The molecular weight excluding hydrogens is 474 g/mol. The van der Waals surface area contributed by atoms with Gasteiger partial charge in [-0.1, -0.05) is 18.9 Å². The van der Waals surface area contributed by atoms with Crippen molar-refractivity contribution in [3.05, 3.63) is 47.5 Å². The third-order valence-electron chi connectivity index (χ3n) is 7.71. The lowest BCUT2D eigenvalue weighted by Gasteiger charge is -2.52. The molecule has 1 amide bonds. The molecule has 0 spiro atoms. The van der Waals surface area contributed by atoms with Crippen LogP contribution >= 0.6 is 0 Å². The van der Waals surface area contributed by atoms with Crippen LogP contribution in [0.2, 0.25) is 0 Å². The average Bonchev–Trinajstić information content (AvgIpc) is 2.93. The number of amides is 1. The standard InChI is InChI=1S/C29H37NO7/c1-33-22-11-9-19(16-23(22)34-2)10-12-26(31)30-15-14-29(32)13-7-6-8-21(29)27(30)20-17-24(35-3)28(37-5)25(18-20)36-4/h9-12,16-18,21,27,32H,6-8,13-15H2,1-5H3. The Morgan fingerprint density at radius 2 is 1.57 bits per heavy atom. The van der Waals surface area contributed by atoms with Gasteiger partial charge in [0.15, 0.2) is 23.0 Å². The first-order chi connectivity index (χ1) is 17.9. The molecular formula is C29H37NO7.